The van der Waals surface area contributed by atoms with E-state index in [1.54, 1.807) is 0 Å². The highest BCUT2D eigenvalue weighted by Gasteiger charge is 2.28. The van der Waals surface area contributed by atoms with Crippen LogP contribution in [0.2, 0.25) is 0 Å². The summed E-state index contributed by atoms with van der Waals surface area (Å²) >= 11 is 0. The third-order valence-electron chi connectivity index (χ3n) is 3.60. The molecule has 2 aromatic rings. The smallest absolute Gasteiger partial charge is 0.134 e. The third kappa shape index (κ3) is 2.50. The lowest BCUT2D eigenvalue weighted by Crippen LogP contribution is -2.07. The Balaban J connectivity index is 2.12. The largest absolute Gasteiger partial charge is 0.370 e. The van der Waals surface area contributed by atoms with Gasteiger partial charge in [0.1, 0.15) is 11.6 Å². The minimum absolute atomic E-state index is 0.546. The molecule has 4 heteroatoms. The second kappa shape index (κ2) is 5.19. The maximum absolute atomic E-state index is 4.80. The van der Waals surface area contributed by atoms with E-state index >= 15 is 0 Å². The number of hydrogen-bond donors (Lipinski definition) is 1. The van der Waals surface area contributed by atoms with Crippen LogP contribution in [-0.2, 0) is 0 Å². The number of hydrogen-bond acceptors (Lipinski definition) is 4. The molecule has 0 bridgehead atoms. The van der Waals surface area contributed by atoms with Gasteiger partial charge in [-0.05, 0) is 45.2 Å². The summed E-state index contributed by atoms with van der Waals surface area (Å²) in [5.74, 6) is 2.48. The Labute approximate surface area is 119 Å². The van der Waals surface area contributed by atoms with Crippen LogP contribution in [0.15, 0.2) is 18.5 Å². The van der Waals surface area contributed by atoms with E-state index in [4.69, 9.17) is 4.98 Å². The maximum Gasteiger partial charge on any atom is 0.134 e. The molecule has 0 radical (unpaired) electrons. The van der Waals surface area contributed by atoms with Gasteiger partial charge in [-0.1, -0.05) is 0 Å². The summed E-state index contributed by atoms with van der Waals surface area (Å²) in [4.78, 5) is 13.8. The van der Waals surface area contributed by atoms with Gasteiger partial charge < -0.3 is 5.32 Å². The van der Waals surface area contributed by atoms with E-state index in [-0.39, 0.29) is 0 Å². The molecule has 1 N–H and O–H groups in total. The second-order valence-electron chi connectivity index (χ2n) is 5.46. The van der Waals surface area contributed by atoms with E-state index in [0.717, 1.165) is 40.6 Å². The predicted octanol–water partition coefficient (Wildman–Crippen LogP) is 3.46. The third-order valence-corrected chi connectivity index (χ3v) is 3.60. The highest BCUT2D eigenvalue weighted by Crippen LogP contribution is 2.40. The van der Waals surface area contributed by atoms with Gasteiger partial charge in [0.25, 0.3) is 0 Å². The molecule has 1 aliphatic carbocycles. The molecule has 104 valence electrons. The van der Waals surface area contributed by atoms with Gasteiger partial charge in [0, 0.05) is 36.0 Å². The maximum atomic E-state index is 4.80. The zero-order valence-corrected chi connectivity index (χ0v) is 12.3. The summed E-state index contributed by atoms with van der Waals surface area (Å²) in [7, 11) is 0. The number of aryl methyl sites for hydroxylation is 1. The van der Waals surface area contributed by atoms with Crippen molar-refractivity contribution in [3.8, 4) is 11.3 Å². The van der Waals surface area contributed by atoms with E-state index in [9.17, 15) is 0 Å². The van der Waals surface area contributed by atoms with Crippen molar-refractivity contribution in [1.29, 1.82) is 0 Å². The zero-order valence-electron chi connectivity index (χ0n) is 12.3. The lowest BCUT2D eigenvalue weighted by atomic mass is 10.1. The molecule has 0 aromatic carbocycles. The average Bonchev–Trinajstić information content (AvgIpc) is 3.26. The second-order valence-corrected chi connectivity index (χ2v) is 5.46. The SMILES string of the molecule is CCNc1nc(C2CC2)nc(-c2cncc(C)c2)c1C. The van der Waals surface area contributed by atoms with Gasteiger partial charge >= 0.3 is 0 Å². The van der Waals surface area contributed by atoms with Crippen LogP contribution >= 0.6 is 0 Å². The van der Waals surface area contributed by atoms with Gasteiger partial charge in [-0.15, -0.1) is 0 Å². The van der Waals surface area contributed by atoms with Crippen LogP contribution in [0.5, 0.6) is 0 Å². The quantitative estimate of drug-likeness (QED) is 0.922. The Hall–Kier alpha value is -1.97. The van der Waals surface area contributed by atoms with Gasteiger partial charge in [0.15, 0.2) is 0 Å². The van der Waals surface area contributed by atoms with Gasteiger partial charge in [-0.3, -0.25) is 4.98 Å². The summed E-state index contributed by atoms with van der Waals surface area (Å²) in [6.45, 7) is 7.09. The molecule has 0 atom stereocenters. The molecule has 20 heavy (non-hydrogen) atoms. The first kappa shape index (κ1) is 13.0. The highest BCUT2D eigenvalue weighted by molar-refractivity contribution is 5.68. The summed E-state index contributed by atoms with van der Waals surface area (Å²) in [6, 6.07) is 2.13. The fourth-order valence-corrected chi connectivity index (χ4v) is 2.36. The molecule has 3 rings (SSSR count). The first-order valence-electron chi connectivity index (χ1n) is 7.23. The van der Waals surface area contributed by atoms with Crippen LogP contribution in [0, 0.1) is 13.8 Å². The van der Waals surface area contributed by atoms with E-state index in [0.29, 0.717) is 5.92 Å². The van der Waals surface area contributed by atoms with Crippen LogP contribution in [0.4, 0.5) is 5.82 Å². The number of rotatable bonds is 4. The Morgan fingerprint density at radius 1 is 1.20 bits per heavy atom. The Morgan fingerprint density at radius 2 is 2.00 bits per heavy atom. The van der Waals surface area contributed by atoms with Crippen molar-refractivity contribution < 1.29 is 0 Å². The van der Waals surface area contributed by atoms with Gasteiger partial charge in [-0.2, -0.15) is 0 Å². The van der Waals surface area contributed by atoms with Crippen LogP contribution in [-0.4, -0.2) is 21.5 Å². The average molecular weight is 268 g/mol. The summed E-state index contributed by atoms with van der Waals surface area (Å²) < 4.78 is 0. The minimum Gasteiger partial charge on any atom is -0.370 e. The Bertz CT molecular complexity index is 632. The van der Waals surface area contributed by atoms with Crippen LogP contribution in [0.1, 0.15) is 42.6 Å². The molecule has 4 nitrogen and oxygen atoms in total. The van der Waals surface area contributed by atoms with E-state index in [1.807, 2.05) is 12.4 Å². The van der Waals surface area contributed by atoms with Crippen molar-refractivity contribution in [2.45, 2.75) is 39.5 Å². The number of nitrogens with one attached hydrogen (secondary N) is 1. The van der Waals surface area contributed by atoms with Crippen molar-refractivity contribution in [3.05, 3.63) is 35.4 Å². The number of nitrogens with zero attached hydrogens (tertiary/aromatic N) is 3. The topological polar surface area (TPSA) is 50.7 Å². The van der Waals surface area contributed by atoms with Gasteiger partial charge in [0.05, 0.1) is 5.69 Å². The van der Waals surface area contributed by atoms with Crippen molar-refractivity contribution in [2.75, 3.05) is 11.9 Å². The van der Waals surface area contributed by atoms with Gasteiger partial charge in [-0.25, -0.2) is 9.97 Å². The molecule has 2 heterocycles. The molecule has 0 unspecified atom stereocenters. The predicted molar refractivity (Wildman–Crippen MR) is 80.9 cm³/mol. The van der Waals surface area contributed by atoms with Crippen molar-refractivity contribution in [3.63, 3.8) is 0 Å². The Morgan fingerprint density at radius 3 is 2.65 bits per heavy atom. The van der Waals surface area contributed by atoms with E-state index < -0.39 is 0 Å². The monoisotopic (exact) mass is 268 g/mol. The molecule has 0 aliphatic heterocycles. The molecule has 1 fully saturated rings. The molecule has 2 aromatic heterocycles. The highest BCUT2D eigenvalue weighted by atomic mass is 15.0. The first-order chi connectivity index (χ1) is 9.69. The molecule has 1 aliphatic rings. The molecular formula is C16H20N4. The standard InChI is InChI=1S/C16H20N4/c1-4-18-15-11(3)14(13-7-10(2)8-17-9-13)19-16(20-15)12-5-6-12/h7-9,12H,4-6H2,1-3H3,(H,18,19,20). The molecule has 0 amide bonds. The summed E-state index contributed by atoms with van der Waals surface area (Å²) in [5, 5.41) is 3.35. The van der Waals surface area contributed by atoms with Crippen LogP contribution in [0.3, 0.4) is 0 Å². The van der Waals surface area contributed by atoms with E-state index in [1.165, 1.54) is 12.8 Å². The van der Waals surface area contributed by atoms with Crippen molar-refractivity contribution in [1.82, 2.24) is 15.0 Å². The normalized spacial score (nSPS) is 14.3. The zero-order chi connectivity index (χ0) is 14.1. The minimum atomic E-state index is 0.546. The lowest BCUT2D eigenvalue weighted by Gasteiger charge is -2.13. The molecule has 0 spiro atoms. The number of aromatic nitrogens is 3. The van der Waals surface area contributed by atoms with Gasteiger partial charge in [0.2, 0.25) is 0 Å². The van der Waals surface area contributed by atoms with E-state index in [2.05, 4.69) is 42.1 Å². The number of anilines is 1. The molecular weight excluding hydrogens is 248 g/mol. The number of pyridine rings is 1. The summed E-state index contributed by atoms with van der Waals surface area (Å²) in [5.41, 5.74) is 4.34. The van der Waals surface area contributed by atoms with Crippen LogP contribution < -0.4 is 5.32 Å². The van der Waals surface area contributed by atoms with Crippen LogP contribution in [0.25, 0.3) is 11.3 Å². The lowest BCUT2D eigenvalue weighted by molar-refractivity contribution is 0.918. The fraction of sp³-hybridized carbons (Fsp3) is 0.438. The summed E-state index contributed by atoms with van der Waals surface area (Å²) in [6.07, 6.45) is 6.17. The first-order valence-corrected chi connectivity index (χ1v) is 7.23. The fourth-order valence-electron chi connectivity index (χ4n) is 2.36. The molecule has 0 saturated heterocycles. The van der Waals surface area contributed by atoms with Crippen molar-refractivity contribution >= 4 is 5.82 Å². The Kier molecular flexibility index (Phi) is 3.38. The van der Waals surface area contributed by atoms with Crippen molar-refractivity contribution in [2.24, 2.45) is 0 Å². The molecule has 1 saturated carbocycles.